The summed E-state index contributed by atoms with van der Waals surface area (Å²) in [6.45, 7) is 3.88. The van der Waals surface area contributed by atoms with Crippen molar-refractivity contribution in [3.8, 4) is 0 Å². The maximum absolute atomic E-state index is 11.8. The standard InChI is InChI=1S/C13H22N4O2/c18-10-11-9-15-16-12(11)13(19)14-5-4-8-17-6-2-1-3-7-17/h9,18H,1-8,10H2,(H,14,19)(H,15,16). The second kappa shape index (κ2) is 7.25. The molecule has 2 rings (SSSR count). The molecule has 1 aromatic rings. The monoisotopic (exact) mass is 266 g/mol. The van der Waals surface area contributed by atoms with Gasteiger partial charge in [0.1, 0.15) is 5.69 Å². The number of rotatable bonds is 6. The zero-order valence-electron chi connectivity index (χ0n) is 11.2. The van der Waals surface area contributed by atoms with Crippen molar-refractivity contribution in [2.24, 2.45) is 0 Å². The van der Waals surface area contributed by atoms with Gasteiger partial charge in [0.15, 0.2) is 0 Å². The van der Waals surface area contributed by atoms with Crippen molar-refractivity contribution in [2.45, 2.75) is 32.3 Å². The summed E-state index contributed by atoms with van der Waals surface area (Å²) < 4.78 is 0. The van der Waals surface area contributed by atoms with Crippen LogP contribution in [-0.2, 0) is 6.61 Å². The van der Waals surface area contributed by atoms with Crippen molar-refractivity contribution in [3.63, 3.8) is 0 Å². The highest BCUT2D eigenvalue weighted by molar-refractivity contribution is 5.93. The summed E-state index contributed by atoms with van der Waals surface area (Å²) in [5, 5.41) is 18.3. The van der Waals surface area contributed by atoms with Crippen LogP contribution in [-0.4, -0.2) is 52.3 Å². The third kappa shape index (κ3) is 4.04. The maximum atomic E-state index is 11.8. The van der Waals surface area contributed by atoms with Gasteiger partial charge in [0, 0.05) is 12.1 Å². The number of aliphatic hydroxyl groups is 1. The third-order valence-corrected chi connectivity index (χ3v) is 3.50. The Morgan fingerprint density at radius 1 is 1.42 bits per heavy atom. The summed E-state index contributed by atoms with van der Waals surface area (Å²) in [4.78, 5) is 14.3. The number of aliphatic hydroxyl groups excluding tert-OH is 1. The van der Waals surface area contributed by atoms with Crippen molar-refractivity contribution in [3.05, 3.63) is 17.5 Å². The summed E-state index contributed by atoms with van der Waals surface area (Å²) >= 11 is 0. The van der Waals surface area contributed by atoms with Crippen molar-refractivity contribution in [1.82, 2.24) is 20.4 Å². The van der Waals surface area contributed by atoms with Gasteiger partial charge in [0.2, 0.25) is 0 Å². The predicted molar refractivity (Wildman–Crippen MR) is 71.8 cm³/mol. The molecule has 6 heteroatoms. The molecule has 1 amide bonds. The minimum absolute atomic E-state index is 0.174. The van der Waals surface area contributed by atoms with Crippen LogP contribution in [0.2, 0.25) is 0 Å². The van der Waals surface area contributed by atoms with Gasteiger partial charge in [-0.2, -0.15) is 5.10 Å². The van der Waals surface area contributed by atoms with Crippen LogP contribution < -0.4 is 5.32 Å². The van der Waals surface area contributed by atoms with E-state index in [1.165, 1.54) is 38.5 Å². The molecule has 2 heterocycles. The van der Waals surface area contributed by atoms with Crippen molar-refractivity contribution in [2.75, 3.05) is 26.2 Å². The lowest BCUT2D eigenvalue weighted by atomic mass is 10.1. The highest BCUT2D eigenvalue weighted by atomic mass is 16.3. The molecule has 0 aromatic carbocycles. The number of hydrogen-bond acceptors (Lipinski definition) is 4. The van der Waals surface area contributed by atoms with E-state index in [2.05, 4.69) is 20.4 Å². The number of carbonyl (C=O) groups excluding carboxylic acids is 1. The number of piperidine rings is 1. The Bertz CT molecular complexity index is 399. The number of nitrogens with zero attached hydrogens (tertiary/aromatic N) is 2. The number of aromatic nitrogens is 2. The first-order chi connectivity index (χ1) is 9.31. The number of carbonyl (C=O) groups is 1. The molecule has 0 unspecified atom stereocenters. The first-order valence-electron chi connectivity index (χ1n) is 6.95. The van der Waals surface area contributed by atoms with Gasteiger partial charge in [-0.25, -0.2) is 0 Å². The van der Waals surface area contributed by atoms with Crippen molar-refractivity contribution < 1.29 is 9.90 Å². The van der Waals surface area contributed by atoms with E-state index in [9.17, 15) is 4.79 Å². The largest absolute Gasteiger partial charge is 0.392 e. The minimum Gasteiger partial charge on any atom is -0.392 e. The Morgan fingerprint density at radius 2 is 2.21 bits per heavy atom. The molecule has 1 aliphatic heterocycles. The molecule has 3 N–H and O–H groups in total. The Morgan fingerprint density at radius 3 is 2.95 bits per heavy atom. The van der Waals surface area contributed by atoms with Crippen LogP contribution >= 0.6 is 0 Å². The van der Waals surface area contributed by atoms with Gasteiger partial charge in [-0.05, 0) is 38.9 Å². The highest BCUT2D eigenvalue weighted by Gasteiger charge is 2.13. The first-order valence-corrected chi connectivity index (χ1v) is 6.95. The van der Waals surface area contributed by atoms with Gasteiger partial charge < -0.3 is 15.3 Å². The molecule has 0 saturated carbocycles. The maximum Gasteiger partial charge on any atom is 0.269 e. The van der Waals surface area contributed by atoms with Crippen molar-refractivity contribution in [1.29, 1.82) is 0 Å². The van der Waals surface area contributed by atoms with Crippen LogP contribution in [0.15, 0.2) is 6.20 Å². The molecule has 0 radical (unpaired) electrons. The zero-order valence-corrected chi connectivity index (χ0v) is 11.2. The summed E-state index contributed by atoms with van der Waals surface area (Å²) in [5.41, 5.74) is 0.897. The van der Waals surface area contributed by atoms with Crippen LogP contribution in [0.4, 0.5) is 0 Å². The number of aromatic amines is 1. The summed E-state index contributed by atoms with van der Waals surface area (Å²) in [6.07, 6.45) is 6.36. The Labute approximate surface area is 113 Å². The van der Waals surface area contributed by atoms with E-state index in [1.807, 2.05) is 0 Å². The summed E-state index contributed by atoms with van der Waals surface area (Å²) in [6, 6.07) is 0. The van der Waals surface area contributed by atoms with Crippen LogP contribution in [0.25, 0.3) is 0 Å². The quantitative estimate of drug-likeness (QED) is 0.655. The zero-order chi connectivity index (χ0) is 13.5. The first kappa shape index (κ1) is 14.0. The number of hydrogen-bond donors (Lipinski definition) is 3. The molecular weight excluding hydrogens is 244 g/mol. The van der Waals surface area contributed by atoms with E-state index >= 15 is 0 Å². The molecule has 19 heavy (non-hydrogen) atoms. The Hall–Kier alpha value is -1.40. The van der Waals surface area contributed by atoms with E-state index in [0.717, 1.165) is 13.0 Å². The number of nitrogens with one attached hydrogen (secondary N) is 2. The van der Waals surface area contributed by atoms with Crippen LogP contribution in [0.1, 0.15) is 41.7 Å². The number of amides is 1. The second-order valence-corrected chi connectivity index (χ2v) is 4.94. The average Bonchev–Trinajstić information content (AvgIpc) is 2.93. The van der Waals surface area contributed by atoms with Crippen molar-refractivity contribution >= 4 is 5.91 Å². The topological polar surface area (TPSA) is 81.2 Å². The van der Waals surface area contributed by atoms with Gasteiger partial charge in [0.25, 0.3) is 5.91 Å². The lowest BCUT2D eigenvalue weighted by Crippen LogP contribution is -2.33. The fourth-order valence-corrected chi connectivity index (χ4v) is 2.40. The van der Waals surface area contributed by atoms with Gasteiger partial charge in [0.05, 0.1) is 12.8 Å². The molecule has 0 spiro atoms. The molecule has 1 saturated heterocycles. The molecule has 1 aliphatic rings. The highest BCUT2D eigenvalue weighted by Crippen LogP contribution is 2.08. The fraction of sp³-hybridized carbons (Fsp3) is 0.692. The lowest BCUT2D eigenvalue weighted by molar-refractivity contribution is 0.0943. The summed E-state index contributed by atoms with van der Waals surface area (Å²) in [5.74, 6) is -0.194. The number of H-pyrrole nitrogens is 1. The molecular formula is C13H22N4O2. The Balaban J connectivity index is 1.66. The molecule has 6 nitrogen and oxygen atoms in total. The van der Waals surface area contributed by atoms with E-state index in [-0.39, 0.29) is 12.5 Å². The summed E-state index contributed by atoms with van der Waals surface area (Å²) in [7, 11) is 0. The minimum atomic E-state index is -0.194. The van der Waals surface area contributed by atoms with Gasteiger partial charge in [-0.15, -0.1) is 0 Å². The second-order valence-electron chi connectivity index (χ2n) is 4.94. The van der Waals surface area contributed by atoms with Gasteiger partial charge >= 0.3 is 0 Å². The smallest absolute Gasteiger partial charge is 0.269 e. The molecule has 106 valence electrons. The lowest BCUT2D eigenvalue weighted by Gasteiger charge is -2.26. The SMILES string of the molecule is O=C(NCCCN1CCCCC1)c1[nH]ncc1CO. The molecule has 1 fully saturated rings. The van der Waals surface area contributed by atoms with Crippen LogP contribution in [0, 0.1) is 0 Å². The van der Waals surface area contributed by atoms with Gasteiger partial charge in [-0.1, -0.05) is 6.42 Å². The molecule has 0 aliphatic carbocycles. The van der Waals surface area contributed by atoms with Crippen LogP contribution in [0.5, 0.6) is 0 Å². The fourth-order valence-electron chi connectivity index (χ4n) is 2.40. The molecule has 0 atom stereocenters. The number of likely N-dealkylation sites (tertiary alicyclic amines) is 1. The normalized spacial score (nSPS) is 16.5. The van der Waals surface area contributed by atoms with Crippen LogP contribution in [0.3, 0.4) is 0 Å². The molecule has 1 aromatic heterocycles. The average molecular weight is 266 g/mol. The van der Waals surface area contributed by atoms with E-state index in [0.29, 0.717) is 17.8 Å². The van der Waals surface area contributed by atoms with E-state index in [4.69, 9.17) is 5.11 Å². The van der Waals surface area contributed by atoms with Gasteiger partial charge in [-0.3, -0.25) is 9.89 Å². The predicted octanol–water partition coefficient (Wildman–Crippen LogP) is 0.508. The Kier molecular flexibility index (Phi) is 5.35. The molecule has 0 bridgehead atoms. The third-order valence-electron chi connectivity index (χ3n) is 3.50. The van der Waals surface area contributed by atoms with E-state index in [1.54, 1.807) is 0 Å². The van der Waals surface area contributed by atoms with E-state index < -0.39 is 0 Å².